The van der Waals surface area contributed by atoms with Gasteiger partial charge in [0, 0.05) is 31.4 Å². The zero-order valence-corrected chi connectivity index (χ0v) is 18.2. The highest BCUT2D eigenvalue weighted by Crippen LogP contribution is 2.26. The maximum absolute atomic E-state index is 12.5. The summed E-state index contributed by atoms with van der Waals surface area (Å²) in [5.74, 6) is 0.777. The lowest BCUT2D eigenvalue weighted by Gasteiger charge is -2.19. The first-order chi connectivity index (χ1) is 14.0. The fourth-order valence-electron chi connectivity index (χ4n) is 2.81. The number of amides is 2. The van der Waals surface area contributed by atoms with Crippen molar-refractivity contribution in [1.82, 2.24) is 19.7 Å². The highest BCUT2D eigenvalue weighted by Gasteiger charge is 2.15. The van der Waals surface area contributed by atoms with E-state index in [0.717, 1.165) is 10.7 Å². The number of aromatic nitrogens is 3. The molecule has 152 valence electrons. The number of thiophene rings is 1. The second-order valence-electron chi connectivity index (χ2n) is 6.24. The zero-order valence-electron chi connectivity index (χ0n) is 16.6. The normalized spacial score (nSPS) is 10.7. The van der Waals surface area contributed by atoms with E-state index in [2.05, 4.69) is 15.5 Å². The van der Waals surface area contributed by atoms with Gasteiger partial charge < -0.3 is 14.8 Å². The Morgan fingerprint density at radius 1 is 1.17 bits per heavy atom. The van der Waals surface area contributed by atoms with Gasteiger partial charge in [0.25, 0.3) is 5.91 Å². The van der Waals surface area contributed by atoms with Gasteiger partial charge in [-0.15, -0.1) is 21.5 Å². The number of nitrogens with zero attached hydrogens (tertiary/aromatic N) is 4. The Balaban J connectivity index is 1.60. The van der Waals surface area contributed by atoms with E-state index in [0.29, 0.717) is 29.5 Å². The molecule has 29 heavy (non-hydrogen) atoms. The predicted octanol–water partition coefficient (Wildman–Crippen LogP) is 3.76. The van der Waals surface area contributed by atoms with Crippen LogP contribution >= 0.6 is 23.1 Å². The molecular formula is C20H23N5O2S2. The van der Waals surface area contributed by atoms with Crippen LogP contribution < -0.4 is 5.32 Å². The van der Waals surface area contributed by atoms with Gasteiger partial charge in [0.15, 0.2) is 11.0 Å². The molecule has 0 radical (unpaired) electrons. The Bertz CT molecular complexity index is 981. The molecule has 0 saturated heterocycles. The van der Waals surface area contributed by atoms with Crippen LogP contribution in [0, 0.1) is 0 Å². The molecule has 1 aromatic carbocycles. The molecule has 0 atom stereocenters. The number of hydrogen-bond acceptors (Lipinski definition) is 6. The molecule has 7 nitrogen and oxygen atoms in total. The molecule has 0 unspecified atom stereocenters. The van der Waals surface area contributed by atoms with Gasteiger partial charge in [0.1, 0.15) is 0 Å². The minimum Gasteiger partial charge on any atom is -0.339 e. The van der Waals surface area contributed by atoms with E-state index >= 15 is 0 Å². The third-order valence-electron chi connectivity index (χ3n) is 4.35. The second kappa shape index (κ2) is 9.71. The fraction of sp³-hybridized carbons (Fsp3) is 0.300. The van der Waals surface area contributed by atoms with Gasteiger partial charge in [-0.3, -0.25) is 9.59 Å². The fourth-order valence-corrected chi connectivity index (χ4v) is 4.27. The monoisotopic (exact) mass is 429 g/mol. The smallest absolute Gasteiger partial charge is 0.253 e. The molecule has 9 heteroatoms. The van der Waals surface area contributed by atoms with Gasteiger partial charge in [-0.25, -0.2) is 0 Å². The predicted molar refractivity (Wildman–Crippen MR) is 117 cm³/mol. The number of rotatable bonds is 8. The summed E-state index contributed by atoms with van der Waals surface area (Å²) in [6, 6.07) is 11.0. The Hall–Kier alpha value is -2.65. The molecular weight excluding hydrogens is 406 g/mol. The summed E-state index contributed by atoms with van der Waals surface area (Å²) in [4.78, 5) is 27.6. The van der Waals surface area contributed by atoms with Gasteiger partial charge in [0.2, 0.25) is 5.91 Å². The topological polar surface area (TPSA) is 80.1 Å². The summed E-state index contributed by atoms with van der Waals surface area (Å²) in [7, 11) is 1.89. The lowest BCUT2D eigenvalue weighted by atomic mass is 10.1. The Labute approximate surface area is 178 Å². The second-order valence-corrected chi connectivity index (χ2v) is 8.13. The molecule has 3 aromatic rings. The molecule has 0 bridgehead atoms. The van der Waals surface area contributed by atoms with E-state index in [9.17, 15) is 9.59 Å². The Kier molecular flexibility index (Phi) is 7.05. The molecule has 0 aliphatic heterocycles. The van der Waals surface area contributed by atoms with Crippen molar-refractivity contribution in [3.8, 4) is 10.7 Å². The SMILES string of the molecule is CCN(CC)C(=O)c1cccc(NC(=O)CSc2nnc(-c3cccs3)n2C)c1. The molecule has 0 aliphatic carbocycles. The summed E-state index contributed by atoms with van der Waals surface area (Å²) >= 11 is 2.92. The summed E-state index contributed by atoms with van der Waals surface area (Å²) in [6.07, 6.45) is 0. The number of carbonyl (C=O) groups excluding carboxylic acids is 2. The van der Waals surface area contributed by atoms with Crippen LogP contribution in [0.15, 0.2) is 46.9 Å². The first-order valence-electron chi connectivity index (χ1n) is 9.28. The molecule has 2 heterocycles. The van der Waals surface area contributed by atoms with E-state index in [1.165, 1.54) is 11.8 Å². The summed E-state index contributed by atoms with van der Waals surface area (Å²) in [6.45, 7) is 5.18. The van der Waals surface area contributed by atoms with Crippen molar-refractivity contribution < 1.29 is 9.59 Å². The number of carbonyl (C=O) groups is 2. The van der Waals surface area contributed by atoms with Crippen molar-refractivity contribution in [1.29, 1.82) is 0 Å². The van der Waals surface area contributed by atoms with Crippen molar-refractivity contribution in [3.05, 3.63) is 47.3 Å². The van der Waals surface area contributed by atoms with Crippen molar-refractivity contribution in [2.24, 2.45) is 7.05 Å². The number of anilines is 1. The largest absolute Gasteiger partial charge is 0.339 e. The molecule has 0 aliphatic rings. The van der Waals surface area contributed by atoms with Crippen molar-refractivity contribution >= 4 is 40.6 Å². The minimum absolute atomic E-state index is 0.0411. The van der Waals surface area contributed by atoms with Gasteiger partial charge in [-0.1, -0.05) is 23.9 Å². The van der Waals surface area contributed by atoms with Gasteiger partial charge in [0.05, 0.1) is 10.6 Å². The third kappa shape index (κ3) is 5.04. The van der Waals surface area contributed by atoms with Crippen molar-refractivity contribution in [2.75, 3.05) is 24.2 Å². The summed E-state index contributed by atoms with van der Waals surface area (Å²) in [5, 5.41) is 13.9. The standard InChI is InChI=1S/C20H23N5O2S2/c1-4-25(5-2)19(27)14-8-6-9-15(12-14)21-17(26)13-29-20-23-22-18(24(20)3)16-10-7-11-28-16/h6-12H,4-5,13H2,1-3H3,(H,21,26). The number of thioether (sulfide) groups is 1. The molecule has 3 rings (SSSR count). The Morgan fingerprint density at radius 3 is 2.66 bits per heavy atom. The van der Waals surface area contributed by atoms with Crippen LogP contribution in [0.5, 0.6) is 0 Å². The minimum atomic E-state index is -0.164. The lowest BCUT2D eigenvalue weighted by Crippen LogP contribution is -2.30. The Morgan fingerprint density at radius 2 is 1.97 bits per heavy atom. The van der Waals surface area contributed by atoms with Crippen LogP contribution in [-0.2, 0) is 11.8 Å². The van der Waals surface area contributed by atoms with E-state index in [1.807, 2.05) is 43.0 Å². The van der Waals surface area contributed by atoms with Gasteiger partial charge in [-0.05, 0) is 43.5 Å². The van der Waals surface area contributed by atoms with Crippen LogP contribution in [0.3, 0.4) is 0 Å². The first kappa shape index (κ1) is 21.1. The zero-order chi connectivity index (χ0) is 20.8. The number of benzene rings is 1. The van der Waals surface area contributed by atoms with E-state index in [4.69, 9.17) is 0 Å². The van der Waals surface area contributed by atoms with Crippen LogP contribution in [0.25, 0.3) is 10.7 Å². The van der Waals surface area contributed by atoms with Crippen molar-refractivity contribution in [2.45, 2.75) is 19.0 Å². The number of hydrogen-bond donors (Lipinski definition) is 1. The molecule has 2 amide bonds. The van der Waals surface area contributed by atoms with Crippen molar-refractivity contribution in [3.63, 3.8) is 0 Å². The molecule has 2 aromatic heterocycles. The number of nitrogens with one attached hydrogen (secondary N) is 1. The molecule has 1 N–H and O–H groups in total. The van der Waals surface area contributed by atoms with Crippen LogP contribution in [0.4, 0.5) is 5.69 Å². The van der Waals surface area contributed by atoms with Gasteiger partial charge >= 0.3 is 0 Å². The van der Waals surface area contributed by atoms with Crippen LogP contribution in [0.1, 0.15) is 24.2 Å². The van der Waals surface area contributed by atoms with Gasteiger partial charge in [-0.2, -0.15) is 0 Å². The average molecular weight is 430 g/mol. The first-order valence-corrected chi connectivity index (χ1v) is 11.1. The highest BCUT2D eigenvalue weighted by atomic mass is 32.2. The average Bonchev–Trinajstić information content (AvgIpc) is 3.37. The molecule has 0 saturated carbocycles. The molecule has 0 spiro atoms. The van der Waals surface area contributed by atoms with E-state index < -0.39 is 0 Å². The summed E-state index contributed by atoms with van der Waals surface area (Å²) in [5.41, 5.74) is 1.17. The van der Waals surface area contributed by atoms with Crippen LogP contribution in [-0.4, -0.2) is 50.3 Å². The van der Waals surface area contributed by atoms with E-state index in [-0.39, 0.29) is 17.6 Å². The quantitative estimate of drug-likeness (QED) is 0.552. The summed E-state index contributed by atoms with van der Waals surface area (Å²) < 4.78 is 1.88. The maximum Gasteiger partial charge on any atom is 0.253 e. The highest BCUT2D eigenvalue weighted by molar-refractivity contribution is 7.99. The van der Waals surface area contributed by atoms with Crippen LogP contribution in [0.2, 0.25) is 0 Å². The third-order valence-corrected chi connectivity index (χ3v) is 6.24. The van der Waals surface area contributed by atoms with E-state index in [1.54, 1.807) is 40.5 Å². The molecule has 0 fully saturated rings. The lowest BCUT2D eigenvalue weighted by molar-refractivity contribution is -0.113. The maximum atomic E-state index is 12.5.